The first kappa shape index (κ1) is 20.9. The van der Waals surface area contributed by atoms with E-state index in [0.717, 1.165) is 27.8 Å². The van der Waals surface area contributed by atoms with E-state index in [9.17, 15) is 4.79 Å². The molecule has 0 bridgehead atoms. The minimum absolute atomic E-state index is 0.158. The summed E-state index contributed by atoms with van der Waals surface area (Å²) in [5.41, 5.74) is 3.96. The molecule has 35 heavy (non-hydrogen) atoms. The highest BCUT2D eigenvalue weighted by Crippen LogP contribution is 2.33. The second-order valence-electron chi connectivity index (χ2n) is 8.31. The Bertz CT molecular complexity index is 1510. The molecule has 2 aromatic heterocycles. The van der Waals surface area contributed by atoms with Gasteiger partial charge < -0.3 is 14.4 Å². The number of rotatable bonds is 6. The standard InChI is InChI=1S/C28H22N4O3/c33-28(25-12-11-21-6-4-5-9-24(21)30-25)31(17-20-10-13-26-27(16-20)35-19-34-26)18-23-14-15-29-32(23)22-7-2-1-3-8-22/h1-16H,17-19H2. The van der Waals surface area contributed by atoms with Gasteiger partial charge in [0.25, 0.3) is 5.91 Å². The third-order valence-electron chi connectivity index (χ3n) is 5.99. The van der Waals surface area contributed by atoms with E-state index >= 15 is 0 Å². The van der Waals surface area contributed by atoms with Crippen molar-refractivity contribution in [2.45, 2.75) is 13.1 Å². The van der Waals surface area contributed by atoms with Gasteiger partial charge in [-0.05, 0) is 48.0 Å². The van der Waals surface area contributed by atoms with Crippen LogP contribution < -0.4 is 9.47 Å². The molecule has 0 spiro atoms. The average Bonchev–Trinajstić information content (AvgIpc) is 3.57. The fourth-order valence-corrected chi connectivity index (χ4v) is 4.25. The van der Waals surface area contributed by atoms with Crippen molar-refractivity contribution < 1.29 is 14.3 Å². The largest absolute Gasteiger partial charge is 0.454 e. The Labute approximate surface area is 202 Å². The fourth-order valence-electron chi connectivity index (χ4n) is 4.25. The van der Waals surface area contributed by atoms with E-state index < -0.39 is 0 Å². The summed E-state index contributed by atoms with van der Waals surface area (Å²) in [5.74, 6) is 1.24. The molecule has 1 aliphatic heterocycles. The van der Waals surface area contributed by atoms with Gasteiger partial charge in [-0.1, -0.05) is 48.5 Å². The molecule has 0 fully saturated rings. The van der Waals surface area contributed by atoms with Gasteiger partial charge in [-0.25, -0.2) is 9.67 Å². The molecule has 7 heteroatoms. The van der Waals surface area contributed by atoms with E-state index in [4.69, 9.17) is 9.47 Å². The van der Waals surface area contributed by atoms with Crippen LogP contribution in [0.15, 0.2) is 97.2 Å². The fraction of sp³-hybridized carbons (Fsp3) is 0.107. The first-order chi connectivity index (χ1) is 17.2. The minimum atomic E-state index is -0.158. The number of benzene rings is 3. The molecule has 0 atom stereocenters. The second-order valence-corrected chi connectivity index (χ2v) is 8.31. The summed E-state index contributed by atoms with van der Waals surface area (Å²) in [5, 5.41) is 5.49. The highest BCUT2D eigenvalue weighted by atomic mass is 16.7. The van der Waals surface area contributed by atoms with Crippen LogP contribution in [-0.4, -0.2) is 32.4 Å². The first-order valence-corrected chi connectivity index (χ1v) is 11.4. The van der Waals surface area contributed by atoms with Crippen molar-refractivity contribution in [1.82, 2.24) is 19.7 Å². The van der Waals surface area contributed by atoms with Crippen LogP contribution in [0, 0.1) is 0 Å². The van der Waals surface area contributed by atoms with Gasteiger partial charge in [0.1, 0.15) is 5.69 Å². The predicted octanol–water partition coefficient (Wildman–Crippen LogP) is 4.99. The number of carbonyl (C=O) groups excluding carboxylic acids is 1. The molecule has 7 nitrogen and oxygen atoms in total. The number of fused-ring (bicyclic) bond motifs is 2. The summed E-state index contributed by atoms with van der Waals surface area (Å²) in [7, 11) is 0. The number of hydrogen-bond donors (Lipinski definition) is 0. The zero-order chi connectivity index (χ0) is 23.6. The van der Waals surface area contributed by atoms with Gasteiger partial charge in [0, 0.05) is 18.1 Å². The zero-order valence-corrected chi connectivity index (χ0v) is 18.9. The van der Waals surface area contributed by atoms with E-state index in [2.05, 4.69) is 10.1 Å². The van der Waals surface area contributed by atoms with Crippen molar-refractivity contribution in [3.63, 3.8) is 0 Å². The quantitative estimate of drug-likeness (QED) is 0.356. The summed E-state index contributed by atoms with van der Waals surface area (Å²) < 4.78 is 12.8. The van der Waals surface area contributed by atoms with E-state index in [1.54, 1.807) is 17.2 Å². The number of ether oxygens (including phenoxy) is 2. The van der Waals surface area contributed by atoms with Crippen LogP contribution in [0.5, 0.6) is 11.5 Å². The maximum atomic E-state index is 13.8. The first-order valence-electron chi connectivity index (χ1n) is 11.4. The number of aromatic nitrogens is 3. The molecule has 1 amide bonds. The Balaban J connectivity index is 1.35. The lowest BCUT2D eigenvalue weighted by Crippen LogP contribution is -2.31. The molecule has 0 saturated carbocycles. The van der Waals surface area contributed by atoms with Gasteiger partial charge in [0.15, 0.2) is 11.5 Å². The molecule has 3 heterocycles. The molecular weight excluding hydrogens is 440 g/mol. The van der Waals surface area contributed by atoms with Crippen LogP contribution >= 0.6 is 0 Å². The van der Waals surface area contributed by atoms with Crippen LogP contribution in [0.2, 0.25) is 0 Å². The van der Waals surface area contributed by atoms with E-state index in [1.807, 2.05) is 89.6 Å². The Morgan fingerprint density at radius 1 is 0.857 bits per heavy atom. The maximum Gasteiger partial charge on any atom is 0.273 e. The number of amides is 1. The molecule has 6 rings (SSSR count). The van der Waals surface area contributed by atoms with Crippen LogP contribution in [0.4, 0.5) is 0 Å². The lowest BCUT2D eigenvalue weighted by Gasteiger charge is -2.23. The van der Waals surface area contributed by atoms with Crippen LogP contribution in [0.1, 0.15) is 21.7 Å². The molecule has 0 unspecified atom stereocenters. The molecule has 1 aliphatic rings. The number of carbonyl (C=O) groups is 1. The predicted molar refractivity (Wildman–Crippen MR) is 131 cm³/mol. The Morgan fingerprint density at radius 2 is 1.69 bits per heavy atom. The highest BCUT2D eigenvalue weighted by molar-refractivity contribution is 5.94. The average molecular weight is 463 g/mol. The molecule has 3 aromatic carbocycles. The van der Waals surface area contributed by atoms with Crippen molar-refractivity contribution >= 4 is 16.8 Å². The minimum Gasteiger partial charge on any atom is -0.454 e. The van der Waals surface area contributed by atoms with Crippen molar-refractivity contribution in [2.75, 3.05) is 6.79 Å². The van der Waals surface area contributed by atoms with Crippen molar-refractivity contribution in [3.8, 4) is 17.2 Å². The topological polar surface area (TPSA) is 69.5 Å². The van der Waals surface area contributed by atoms with E-state index in [1.165, 1.54) is 0 Å². The maximum absolute atomic E-state index is 13.8. The smallest absolute Gasteiger partial charge is 0.273 e. The Morgan fingerprint density at radius 3 is 2.60 bits per heavy atom. The lowest BCUT2D eigenvalue weighted by atomic mass is 10.1. The van der Waals surface area contributed by atoms with Crippen molar-refractivity contribution in [3.05, 3.63) is 114 Å². The highest BCUT2D eigenvalue weighted by Gasteiger charge is 2.22. The third-order valence-corrected chi connectivity index (χ3v) is 5.99. The summed E-state index contributed by atoms with van der Waals surface area (Å²) in [6, 6.07) is 29.1. The number of nitrogens with zero attached hydrogens (tertiary/aromatic N) is 4. The molecule has 0 N–H and O–H groups in total. The number of hydrogen-bond acceptors (Lipinski definition) is 5. The van der Waals surface area contributed by atoms with Gasteiger partial charge in [-0.2, -0.15) is 5.10 Å². The summed E-state index contributed by atoms with van der Waals surface area (Å²) >= 11 is 0. The van der Waals surface area contributed by atoms with Crippen LogP contribution in [-0.2, 0) is 13.1 Å². The number of para-hydroxylation sites is 2. The summed E-state index contributed by atoms with van der Waals surface area (Å²) in [4.78, 5) is 20.2. The normalized spacial score (nSPS) is 12.1. The van der Waals surface area contributed by atoms with Gasteiger partial charge in [0.2, 0.25) is 6.79 Å². The lowest BCUT2D eigenvalue weighted by molar-refractivity contribution is 0.0721. The van der Waals surface area contributed by atoms with E-state index in [-0.39, 0.29) is 12.7 Å². The molecule has 0 aliphatic carbocycles. The second kappa shape index (κ2) is 8.95. The van der Waals surface area contributed by atoms with Gasteiger partial charge in [-0.3, -0.25) is 4.79 Å². The molecule has 0 radical (unpaired) electrons. The molecule has 0 saturated heterocycles. The van der Waals surface area contributed by atoms with Crippen molar-refractivity contribution in [2.24, 2.45) is 0 Å². The Kier molecular flexibility index (Phi) is 5.35. The summed E-state index contributed by atoms with van der Waals surface area (Å²) in [6.45, 7) is 0.944. The van der Waals surface area contributed by atoms with Gasteiger partial charge in [-0.15, -0.1) is 0 Å². The zero-order valence-electron chi connectivity index (χ0n) is 18.9. The Hall–Kier alpha value is -4.65. The van der Waals surface area contributed by atoms with Gasteiger partial charge in [0.05, 0.1) is 23.4 Å². The van der Waals surface area contributed by atoms with Gasteiger partial charge >= 0.3 is 0 Å². The monoisotopic (exact) mass is 462 g/mol. The van der Waals surface area contributed by atoms with E-state index in [0.29, 0.717) is 30.3 Å². The van der Waals surface area contributed by atoms with Crippen molar-refractivity contribution in [1.29, 1.82) is 0 Å². The van der Waals surface area contributed by atoms with Crippen LogP contribution in [0.25, 0.3) is 16.6 Å². The molecule has 172 valence electrons. The number of pyridine rings is 1. The third kappa shape index (κ3) is 4.19. The molecule has 5 aromatic rings. The van der Waals surface area contributed by atoms with Crippen LogP contribution in [0.3, 0.4) is 0 Å². The summed E-state index contributed by atoms with van der Waals surface area (Å²) in [6.07, 6.45) is 1.75. The molecular formula is C28H22N4O3. The SMILES string of the molecule is O=C(c1ccc2ccccc2n1)N(Cc1ccc2c(c1)OCO2)Cc1ccnn1-c1ccccc1.